The zero-order chi connectivity index (χ0) is 24.5. The van der Waals surface area contributed by atoms with E-state index in [0.29, 0.717) is 27.9 Å². The molecule has 1 N–H and O–H groups in total. The number of carbonyl (C=O) groups excluding carboxylic acids is 3. The Balaban J connectivity index is 1.53. The number of benzene rings is 3. The molecule has 0 aliphatic carbocycles. The number of hydrogen-bond acceptors (Lipinski definition) is 5. The fraction of sp³-hybridized carbons (Fsp3) is 0.111. The third-order valence-electron chi connectivity index (χ3n) is 5.99. The normalized spacial score (nSPS) is 13.6. The molecule has 5 rings (SSSR count). The van der Waals surface area contributed by atoms with Crippen molar-refractivity contribution in [2.75, 3.05) is 12.4 Å². The van der Waals surface area contributed by atoms with Gasteiger partial charge in [-0.3, -0.25) is 24.3 Å². The van der Waals surface area contributed by atoms with Crippen LogP contribution in [0.4, 0.5) is 10.1 Å². The first kappa shape index (κ1) is 22.2. The van der Waals surface area contributed by atoms with E-state index in [4.69, 9.17) is 4.74 Å². The zero-order valence-corrected chi connectivity index (χ0v) is 18.7. The van der Waals surface area contributed by atoms with Crippen LogP contribution in [0.2, 0.25) is 0 Å². The van der Waals surface area contributed by atoms with Crippen molar-refractivity contribution in [1.82, 2.24) is 9.88 Å². The van der Waals surface area contributed by atoms with Gasteiger partial charge < -0.3 is 10.1 Å². The predicted molar refractivity (Wildman–Crippen MR) is 128 cm³/mol. The molecule has 1 aliphatic heterocycles. The van der Waals surface area contributed by atoms with Crippen molar-refractivity contribution in [3.63, 3.8) is 0 Å². The van der Waals surface area contributed by atoms with Gasteiger partial charge in [-0.05, 0) is 54.1 Å². The monoisotopic (exact) mass is 469 g/mol. The molecule has 0 unspecified atom stereocenters. The minimum atomic E-state index is -1.17. The first-order valence-electron chi connectivity index (χ1n) is 10.9. The molecule has 0 fully saturated rings. The smallest absolute Gasteiger partial charge is 0.262 e. The van der Waals surface area contributed by atoms with Gasteiger partial charge >= 0.3 is 0 Å². The average Bonchev–Trinajstić information content (AvgIpc) is 3.13. The van der Waals surface area contributed by atoms with Crippen LogP contribution >= 0.6 is 0 Å². The molecule has 0 radical (unpaired) electrons. The molecule has 8 heteroatoms. The number of ether oxygens (including phenoxy) is 1. The lowest BCUT2D eigenvalue weighted by Gasteiger charge is -2.26. The van der Waals surface area contributed by atoms with Crippen molar-refractivity contribution in [1.29, 1.82) is 0 Å². The molecule has 3 amide bonds. The first-order valence-corrected chi connectivity index (χ1v) is 10.9. The molecule has 2 heterocycles. The summed E-state index contributed by atoms with van der Waals surface area (Å²) in [4.78, 5) is 45.3. The van der Waals surface area contributed by atoms with E-state index in [1.165, 1.54) is 24.3 Å². The predicted octanol–water partition coefficient (Wildman–Crippen LogP) is 4.23. The van der Waals surface area contributed by atoms with E-state index in [-0.39, 0.29) is 17.5 Å². The van der Waals surface area contributed by atoms with Crippen LogP contribution in [0.3, 0.4) is 0 Å². The second-order valence-corrected chi connectivity index (χ2v) is 8.08. The number of rotatable bonds is 6. The van der Waals surface area contributed by atoms with Gasteiger partial charge in [-0.25, -0.2) is 4.39 Å². The van der Waals surface area contributed by atoms with Gasteiger partial charge in [-0.2, -0.15) is 0 Å². The third kappa shape index (κ3) is 3.99. The van der Waals surface area contributed by atoms with Crippen LogP contribution in [0.5, 0.6) is 5.75 Å². The van der Waals surface area contributed by atoms with E-state index in [1.807, 2.05) is 6.07 Å². The minimum absolute atomic E-state index is 0.0130. The van der Waals surface area contributed by atoms with E-state index >= 15 is 0 Å². The molecule has 0 bridgehead atoms. The summed E-state index contributed by atoms with van der Waals surface area (Å²) in [6.07, 6.45) is 1.61. The van der Waals surface area contributed by atoms with Gasteiger partial charge in [-0.1, -0.05) is 24.3 Å². The SMILES string of the molecule is COc1ccc(NC(=O)[C@H](Cc2ccc(F)cc2)N2C(=O)c3ccccc3C2=O)c2ncccc12. The highest BCUT2D eigenvalue weighted by atomic mass is 19.1. The lowest BCUT2D eigenvalue weighted by atomic mass is 10.0. The maximum absolute atomic E-state index is 13.6. The summed E-state index contributed by atoms with van der Waals surface area (Å²) in [6, 6.07) is 17.8. The van der Waals surface area contributed by atoms with Crippen LogP contribution in [0.25, 0.3) is 10.9 Å². The molecule has 0 saturated heterocycles. The number of hydrogen-bond donors (Lipinski definition) is 1. The number of aromatic nitrogens is 1. The zero-order valence-electron chi connectivity index (χ0n) is 18.7. The van der Waals surface area contributed by atoms with Gasteiger partial charge in [0.2, 0.25) is 5.91 Å². The maximum atomic E-state index is 13.6. The number of methoxy groups -OCH3 is 1. The molecule has 4 aromatic rings. The fourth-order valence-corrected chi connectivity index (χ4v) is 4.28. The molecule has 0 saturated carbocycles. The Bertz CT molecular complexity index is 1430. The van der Waals surface area contributed by atoms with Gasteiger partial charge in [0.1, 0.15) is 17.6 Å². The highest BCUT2D eigenvalue weighted by Crippen LogP contribution is 2.31. The highest BCUT2D eigenvalue weighted by Gasteiger charge is 2.42. The quantitative estimate of drug-likeness (QED) is 0.427. The number of halogens is 1. The van der Waals surface area contributed by atoms with E-state index in [0.717, 1.165) is 4.90 Å². The van der Waals surface area contributed by atoms with Crippen molar-refractivity contribution in [2.24, 2.45) is 0 Å². The Kier molecular flexibility index (Phi) is 5.70. The summed E-state index contributed by atoms with van der Waals surface area (Å²) in [5.41, 5.74) is 1.99. The van der Waals surface area contributed by atoms with Crippen molar-refractivity contribution in [3.8, 4) is 5.75 Å². The van der Waals surface area contributed by atoms with E-state index in [2.05, 4.69) is 10.3 Å². The van der Waals surface area contributed by atoms with Crippen LogP contribution in [-0.4, -0.2) is 40.8 Å². The minimum Gasteiger partial charge on any atom is -0.496 e. The summed E-state index contributed by atoms with van der Waals surface area (Å²) < 4.78 is 18.9. The van der Waals surface area contributed by atoms with Crippen molar-refractivity contribution in [2.45, 2.75) is 12.5 Å². The summed E-state index contributed by atoms with van der Waals surface area (Å²) in [5, 5.41) is 3.53. The molecular weight excluding hydrogens is 449 g/mol. The first-order chi connectivity index (χ1) is 17.0. The largest absolute Gasteiger partial charge is 0.496 e. The molecule has 7 nitrogen and oxygen atoms in total. The number of carbonyl (C=O) groups is 3. The lowest BCUT2D eigenvalue weighted by Crippen LogP contribution is -2.48. The fourth-order valence-electron chi connectivity index (χ4n) is 4.28. The lowest BCUT2D eigenvalue weighted by molar-refractivity contribution is -0.119. The summed E-state index contributed by atoms with van der Waals surface area (Å²) in [5.74, 6) is -1.50. The van der Waals surface area contributed by atoms with Crippen LogP contribution in [-0.2, 0) is 11.2 Å². The molecule has 35 heavy (non-hydrogen) atoms. The Morgan fingerprint density at radius 3 is 2.31 bits per heavy atom. The standard InChI is InChI=1S/C27H20FN3O4/c1-35-23-13-12-21(24-20(23)7-4-14-29-24)30-25(32)22(15-16-8-10-17(28)11-9-16)31-26(33)18-5-2-3-6-19(18)27(31)34/h2-14,22H,15H2,1H3,(H,30,32)/t22-/m0/s1. The van der Waals surface area contributed by atoms with Crippen molar-refractivity contribution < 1.29 is 23.5 Å². The number of anilines is 1. The number of nitrogens with one attached hydrogen (secondary N) is 1. The maximum Gasteiger partial charge on any atom is 0.262 e. The van der Waals surface area contributed by atoms with Crippen LogP contribution in [0.1, 0.15) is 26.3 Å². The molecule has 1 aliphatic rings. The second kappa shape index (κ2) is 8.98. The summed E-state index contributed by atoms with van der Waals surface area (Å²) in [6.45, 7) is 0. The number of fused-ring (bicyclic) bond motifs is 2. The van der Waals surface area contributed by atoms with E-state index in [9.17, 15) is 18.8 Å². The summed E-state index contributed by atoms with van der Waals surface area (Å²) >= 11 is 0. The van der Waals surface area contributed by atoms with Crippen LogP contribution in [0.15, 0.2) is 79.0 Å². The number of amides is 3. The third-order valence-corrected chi connectivity index (χ3v) is 5.99. The second-order valence-electron chi connectivity index (χ2n) is 8.08. The molecule has 174 valence electrons. The van der Waals surface area contributed by atoms with Gasteiger partial charge in [-0.15, -0.1) is 0 Å². The molecule has 0 spiro atoms. The molecular formula is C27H20FN3O4. The van der Waals surface area contributed by atoms with Gasteiger partial charge in [0, 0.05) is 18.0 Å². The van der Waals surface area contributed by atoms with Gasteiger partial charge in [0.25, 0.3) is 11.8 Å². The topological polar surface area (TPSA) is 88.6 Å². The summed E-state index contributed by atoms with van der Waals surface area (Å²) in [7, 11) is 1.54. The van der Waals surface area contributed by atoms with Crippen LogP contribution in [0, 0.1) is 5.82 Å². The Hall–Kier alpha value is -4.59. The molecule has 1 aromatic heterocycles. The number of pyridine rings is 1. The Labute approximate surface area is 200 Å². The van der Waals surface area contributed by atoms with Crippen molar-refractivity contribution >= 4 is 34.3 Å². The Morgan fingerprint density at radius 1 is 0.971 bits per heavy atom. The van der Waals surface area contributed by atoms with E-state index in [1.54, 1.807) is 55.8 Å². The molecule has 1 atom stereocenters. The van der Waals surface area contributed by atoms with Gasteiger partial charge in [0.15, 0.2) is 0 Å². The number of nitrogens with zero attached hydrogens (tertiary/aromatic N) is 2. The van der Waals surface area contributed by atoms with Crippen molar-refractivity contribution in [3.05, 3.63) is 102 Å². The van der Waals surface area contributed by atoms with E-state index < -0.39 is 29.6 Å². The highest BCUT2D eigenvalue weighted by molar-refractivity contribution is 6.23. The van der Waals surface area contributed by atoms with Gasteiger partial charge in [0.05, 0.1) is 29.4 Å². The average molecular weight is 469 g/mol. The number of imide groups is 1. The Morgan fingerprint density at radius 2 is 1.66 bits per heavy atom. The molecule has 3 aromatic carbocycles. The van der Waals surface area contributed by atoms with Crippen LogP contribution < -0.4 is 10.1 Å².